The zero-order valence-electron chi connectivity index (χ0n) is 14.4. The number of benzene rings is 1. The fraction of sp³-hybridized carbons (Fsp3) is 0.632. The number of hydrogen-bond donors (Lipinski definition) is 2. The summed E-state index contributed by atoms with van der Waals surface area (Å²) in [4.78, 5) is 12.0. The van der Waals surface area contributed by atoms with Gasteiger partial charge < -0.3 is 15.4 Å². The fourth-order valence-corrected chi connectivity index (χ4v) is 3.11. The molecule has 0 saturated carbocycles. The minimum Gasteiger partial charge on any atom is -0.381 e. The van der Waals surface area contributed by atoms with Gasteiger partial charge in [0.05, 0.1) is 0 Å². The summed E-state index contributed by atoms with van der Waals surface area (Å²) in [7, 11) is 0. The van der Waals surface area contributed by atoms with E-state index in [1.807, 2.05) is 6.07 Å². The molecule has 1 atom stereocenters. The molecule has 1 unspecified atom stereocenters. The number of ether oxygens (including phenoxy) is 1. The molecule has 1 amide bonds. The molecule has 128 valence electrons. The van der Waals surface area contributed by atoms with E-state index in [-0.39, 0.29) is 17.5 Å². The minimum atomic E-state index is -0.0740. The lowest BCUT2D eigenvalue weighted by Crippen LogP contribution is -2.57. The Labute approximate surface area is 140 Å². The molecule has 1 aromatic rings. The van der Waals surface area contributed by atoms with E-state index in [0.717, 1.165) is 38.9 Å². The second-order valence-electron chi connectivity index (χ2n) is 6.55. The van der Waals surface area contributed by atoms with E-state index in [4.69, 9.17) is 4.74 Å². The van der Waals surface area contributed by atoms with Crippen LogP contribution in [-0.2, 0) is 9.53 Å². The highest BCUT2D eigenvalue weighted by molar-refractivity contribution is 5.75. The van der Waals surface area contributed by atoms with Gasteiger partial charge in [-0.25, -0.2) is 0 Å². The molecule has 23 heavy (non-hydrogen) atoms. The molecule has 1 heterocycles. The first-order valence-corrected chi connectivity index (χ1v) is 8.82. The average Bonchev–Trinajstić information content (AvgIpc) is 2.60. The molecule has 1 aliphatic heterocycles. The van der Waals surface area contributed by atoms with Crippen LogP contribution in [0.1, 0.15) is 57.6 Å². The smallest absolute Gasteiger partial charge is 0.220 e. The largest absolute Gasteiger partial charge is 0.381 e. The SMILES string of the molecule is CCCCC(=O)NCC1(NC(C)c2ccccc2)CCOCC1. The van der Waals surface area contributed by atoms with Crippen molar-refractivity contribution in [3.05, 3.63) is 35.9 Å². The summed E-state index contributed by atoms with van der Waals surface area (Å²) in [5, 5.41) is 6.89. The highest BCUT2D eigenvalue weighted by Crippen LogP contribution is 2.25. The van der Waals surface area contributed by atoms with Crippen LogP contribution in [0.25, 0.3) is 0 Å². The molecule has 1 fully saturated rings. The molecule has 1 aliphatic rings. The van der Waals surface area contributed by atoms with Gasteiger partial charge in [0.15, 0.2) is 0 Å². The van der Waals surface area contributed by atoms with Crippen LogP contribution in [-0.4, -0.2) is 31.2 Å². The Balaban J connectivity index is 1.96. The molecule has 4 heteroatoms. The molecule has 0 bridgehead atoms. The van der Waals surface area contributed by atoms with Gasteiger partial charge in [-0.05, 0) is 31.7 Å². The Bertz CT molecular complexity index is 470. The van der Waals surface area contributed by atoms with Gasteiger partial charge in [-0.1, -0.05) is 43.7 Å². The topological polar surface area (TPSA) is 50.4 Å². The normalized spacial score (nSPS) is 18.3. The summed E-state index contributed by atoms with van der Waals surface area (Å²) in [5.74, 6) is 0.159. The molecule has 0 radical (unpaired) electrons. The van der Waals surface area contributed by atoms with Crippen molar-refractivity contribution in [3.63, 3.8) is 0 Å². The van der Waals surface area contributed by atoms with Gasteiger partial charge in [-0.15, -0.1) is 0 Å². The van der Waals surface area contributed by atoms with Gasteiger partial charge >= 0.3 is 0 Å². The average molecular weight is 318 g/mol. The number of unbranched alkanes of at least 4 members (excludes halogenated alkanes) is 1. The van der Waals surface area contributed by atoms with Gasteiger partial charge in [0.2, 0.25) is 5.91 Å². The number of hydrogen-bond acceptors (Lipinski definition) is 3. The standard InChI is InChI=1S/C19H30N2O2/c1-3-4-10-18(22)20-15-19(11-13-23-14-12-19)21-16(2)17-8-6-5-7-9-17/h5-9,16,21H,3-4,10-15H2,1-2H3,(H,20,22). The molecule has 1 saturated heterocycles. The van der Waals surface area contributed by atoms with Gasteiger partial charge in [-0.2, -0.15) is 0 Å². The maximum atomic E-state index is 12.0. The van der Waals surface area contributed by atoms with Crippen molar-refractivity contribution in [2.75, 3.05) is 19.8 Å². The summed E-state index contributed by atoms with van der Waals surface area (Å²) >= 11 is 0. The van der Waals surface area contributed by atoms with Gasteiger partial charge in [0.25, 0.3) is 0 Å². The first-order chi connectivity index (χ1) is 11.2. The number of amides is 1. The van der Waals surface area contributed by atoms with Crippen LogP contribution in [0.5, 0.6) is 0 Å². The molecular weight excluding hydrogens is 288 g/mol. The van der Waals surface area contributed by atoms with Crippen molar-refractivity contribution < 1.29 is 9.53 Å². The van der Waals surface area contributed by atoms with E-state index in [9.17, 15) is 4.79 Å². The van der Waals surface area contributed by atoms with Crippen molar-refractivity contribution in [1.82, 2.24) is 10.6 Å². The van der Waals surface area contributed by atoms with Crippen molar-refractivity contribution in [3.8, 4) is 0 Å². The van der Waals surface area contributed by atoms with Crippen molar-refractivity contribution in [2.24, 2.45) is 0 Å². The maximum absolute atomic E-state index is 12.0. The number of rotatable bonds is 8. The highest BCUT2D eigenvalue weighted by Gasteiger charge is 2.34. The predicted octanol–water partition coefficient (Wildman–Crippen LogP) is 3.19. The zero-order valence-corrected chi connectivity index (χ0v) is 14.4. The number of carbonyl (C=O) groups excluding carboxylic acids is 1. The lowest BCUT2D eigenvalue weighted by atomic mass is 9.88. The molecule has 2 rings (SSSR count). The Morgan fingerprint density at radius 1 is 1.26 bits per heavy atom. The zero-order chi connectivity index (χ0) is 16.5. The molecule has 1 aromatic carbocycles. The Morgan fingerprint density at radius 3 is 2.61 bits per heavy atom. The van der Waals surface area contributed by atoms with E-state index < -0.39 is 0 Å². The summed E-state index contributed by atoms with van der Waals surface area (Å²) in [6.45, 7) is 6.47. The summed E-state index contributed by atoms with van der Waals surface area (Å²) in [5.41, 5.74) is 1.20. The van der Waals surface area contributed by atoms with Crippen molar-refractivity contribution >= 4 is 5.91 Å². The quantitative estimate of drug-likeness (QED) is 0.774. The lowest BCUT2D eigenvalue weighted by Gasteiger charge is -2.40. The van der Waals surface area contributed by atoms with Crippen LogP contribution >= 0.6 is 0 Å². The third kappa shape index (κ3) is 5.63. The lowest BCUT2D eigenvalue weighted by molar-refractivity contribution is -0.121. The maximum Gasteiger partial charge on any atom is 0.220 e. The molecular formula is C19H30N2O2. The van der Waals surface area contributed by atoms with E-state index in [1.165, 1.54) is 5.56 Å². The van der Waals surface area contributed by atoms with E-state index in [2.05, 4.69) is 48.7 Å². The fourth-order valence-electron chi connectivity index (χ4n) is 3.11. The van der Waals surface area contributed by atoms with Crippen LogP contribution in [0.15, 0.2) is 30.3 Å². The third-order valence-corrected chi connectivity index (χ3v) is 4.65. The van der Waals surface area contributed by atoms with Crippen molar-refractivity contribution in [2.45, 2.75) is 57.5 Å². The van der Waals surface area contributed by atoms with Crippen molar-refractivity contribution in [1.29, 1.82) is 0 Å². The Kier molecular flexibility index (Phi) is 7.06. The first-order valence-electron chi connectivity index (χ1n) is 8.82. The number of nitrogens with one attached hydrogen (secondary N) is 2. The molecule has 2 N–H and O–H groups in total. The first kappa shape index (κ1) is 18.0. The number of carbonyl (C=O) groups is 1. The molecule has 0 spiro atoms. The molecule has 0 aliphatic carbocycles. The van der Waals surface area contributed by atoms with E-state index in [0.29, 0.717) is 13.0 Å². The van der Waals surface area contributed by atoms with Gasteiger partial charge in [0.1, 0.15) is 0 Å². The second-order valence-corrected chi connectivity index (χ2v) is 6.55. The van der Waals surface area contributed by atoms with Crippen LogP contribution in [0.3, 0.4) is 0 Å². The summed E-state index contributed by atoms with van der Waals surface area (Å²) < 4.78 is 5.53. The van der Waals surface area contributed by atoms with E-state index in [1.54, 1.807) is 0 Å². The van der Waals surface area contributed by atoms with Crippen LogP contribution in [0, 0.1) is 0 Å². The van der Waals surface area contributed by atoms with E-state index >= 15 is 0 Å². The van der Waals surface area contributed by atoms with Crippen LogP contribution in [0.4, 0.5) is 0 Å². The monoisotopic (exact) mass is 318 g/mol. The summed E-state index contributed by atoms with van der Waals surface area (Å²) in [6.07, 6.45) is 4.49. The van der Waals surface area contributed by atoms with Crippen LogP contribution < -0.4 is 10.6 Å². The van der Waals surface area contributed by atoms with Gasteiger partial charge in [0, 0.05) is 37.8 Å². The molecule has 0 aromatic heterocycles. The second kappa shape index (κ2) is 9.04. The third-order valence-electron chi connectivity index (χ3n) is 4.65. The molecule has 4 nitrogen and oxygen atoms in total. The van der Waals surface area contributed by atoms with Crippen LogP contribution in [0.2, 0.25) is 0 Å². The minimum absolute atomic E-state index is 0.0740. The highest BCUT2D eigenvalue weighted by atomic mass is 16.5. The Morgan fingerprint density at radius 2 is 1.96 bits per heavy atom. The summed E-state index contributed by atoms with van der Waals surface area (Å²) in [6, 6.07) is 10.7. The Hall–Kier alpha value is -1.39. The van der Waals surface area contributed by atoms with Gasteiger partial charge in [-0.3, -0.25) is 4.79 Å². The predicted molar refractivity (Wildman–Crippen MR) is 93.3 cm³/mol.